The molecule has 0 saturated carbocycles. The highest BCUT2D eigenvalue weighted by Crippen LogP contribution is 2.25. The number of carbonyl (C=O) groups excluding carboxylic acids is 1. The molecule has 2 aliphatic heterocycles. The van der Waals surface area contributed by atoms with Crippen LogP contribution in [0.15, 0.2) is 40.2 Å². The molecule has 31 heavy (non-hydrogen) atoms. The van der Waals surface area contributed by atoms with Gasteiger partial charge >= 0.3 is 0 Å². The molecule has 1 fully saturated rings. The van der Waals surface area contributed by atoms with E-state index in [9.17, 15) is 14.3 Å². The molecule has 0 radical (unpaired) electrons. The van der Waals surface area contributed by atoms with Gasteiger partial charge in [0.15, 0.2) is 12.2 Å². The molecule has 1 saturated heterocycles. The van der Waals surface area contributed by atoms with E-state index in [2.05, 4.69) is 10.3 Å². The summed E-state index contributed by atoms with van der Waals surface area (Å²) in [5, 5.41) is 26.1. The molecule has 2 aromatic rings. The van der Waals surface area contributed by atoms with Crippen molar-refractivity contribution in [2.45, 2.75) is 18.6 Å². The van der Waals surface area contributed by atoms with E-state index in [-0.39, 0.29) is 12.7 Å². The first-order valence-corrected chi connectivity index (χ1v) is 9.93. The second kappa shape index (κ2) is 9.31. The maximum Gasteiger partial charge on any atom is 0.254 e. The normalized spacial score (nSPS) is 19.7. The molecule has 2 aliphatic rings. The van der Waals surface area contributed by atoms with Gasteiger partial charge in [0, 0.05) is 44.2 Å². The topological polar surface area (TPSA) is 121 Å². The molecule has 0 spiro atoms. The Morgan fingerprint density at radius 2 is 2.10 bits per heavy atom. The van der Waals surface area contributed by atoms with E-state index in [1.54, 1.807) is 18.2 Å². The van der Waals surface area contributed by atoms with Crippen LogP contribution in [0.25, 0.3) is 0 Å². The number of rotatable bonds is 7. The van der Waals surface area contributed by atoms with Gasteiger partial charge in [0.05, 0.1) is 18.0 Å². The lowest BCUT2D eigenvalue weighted by Crippen LogP contribution is -2.52. The van der Waals surface area contributed by atoms with Gasteiger partial charge in [-0.2, -0.15) is 0 Å². The highest BCUT2D eigenvalue weighted by Gasteiger charge is 2.28. The summed E-state index contributed by atoms with van der Waals surface area (Å²) in [5.74, 6) is -0.544. The second-order valence-corrected chi connectivity index (χ2v) is 7.30. The first kappa shape index (κ1) is 21.1. The van der Waals surface area contributed by atoms with Crippen LogP contribution in [-0.2, 0) is 9.63 Å². The van der Waals surface area contributed by atoms with Gasteiger partial charge in [-0.3, -0.25) is 4.79 Å². The lowest BCUT2D eigenvalue weighted by molar-refractivity contribution is -0.142. The van der Waals surface area contributed by atoms with Crippen molar-refractivity contribution in [3.05, 3.63) is 41.9 Å². The van der Waals surface area contributed by atoms with Gasteiger partial charge in [0.2, 0.25) is 0 Å². The average Bonchev–Trinajstić information content (AvgIpc) is 3.49. The Balaban J connectivity index is 1.32. The molecule has 4 rings (SSSR count). The van der Waals surface area contributed by atoms with Crippen LogP contribution in [0, 0.1) is 5.82 Å². The summed E-state index contributed by atoms with van der Waals surface area (Å²) in [6.45, 7) is 1.15. The zero-order valence-electron chi connectivity index (χ0n) is 16.7. The number of carbonyl (C=O) groups is 1. The van der Waals surface area contributed by atoms with Crippen molar-refractivity contribution in [2.75, 3.05) is 44.3 Å². The molecule has 166 valence electrons. The monoisotopic (exact) mass is 434 g/mol. The van der Waals surface area contributed by atoms with Crippen LogP contribution in [0.2, 0.25) is 0 Å². The standard InChI is InChI=1S/C20H23FN4O6/c21-15-9-13(16-10-14(31-22-16)12-29-19-3-8-30-23-19)1-2-17(15)24-4-6-25(7-5-24)20(28)18(27)11-26/h1-3,8-9,14,18,26-27H,4-7,10-12H2/t14?,18-/m0/s1. The Labute approximate surface area is 177 Å². The first-order chi connectivity index (χ1) is 15.0. The Hall–Kier alpha value is -3.18. The molecule has 11 heteroatoms. The molecule has 1 aromatic heterocycles. The molecule has 1 unspecified atom stereocenters. The maximum absolute atomic E-state index is 14.8. The minimum Gasteiger partial charge on any atom is -0.471 e. The minimum absolute atomic E-state index is 0.244. The molecule has 1 amide bonds. The van der Waals surface area contributed by atoms with Crippen LogP contribution in [-0.4, -0.2) is 83.5 Å². The quantitative estimate of drug-likeness (QED) is 0.642. The number of amides is 1. The zero-order valence-corrected chi connectivity index (χ0v) is 16.7. The number of hydrogen-bond donors (Lipinski definition) is 2. The van der Waals surface area contributed by atoms with E-state index in [1.165, 1.54) is 17.2 Å². The van der Waals surface area contributed by atoms with E-state index >= 15 is 0 Å². The van der Waals surface area contributed by atoms with Crippen molar-refractivity contribution in [2.24, 2.45) is 5.16 Å². The van der Waals surface area contributed by atoms with Crippen LogP contribution < -0.4 is 9.64 Å². The molecular weight excluding hydrogens is 411 g/mol. The van der Waals surface area contributed by atoms with Gasteiger partial charge in [0.25, 0.3) is 11.8 Å². The number of aliphatic hydroxyl groups is 2. The van der Waals surface area contributed by atoms with Crippen molar-refractivity contribution < 1.29 is 33.5 Å². The third-order valence-electron chi connectivity index (χ3n) is 5.24. The van der Waals surface area contributed by atoms with Crippen LogP contribution in [0.3, 0.4) is 0 Å². The van der Waals surface area contributed by atoms with Gasteiger partial charge in [0.1, 0.15) is 18.7 Å². The third kappa shape index (κ3) is 4.78. The molecule has 1 aromatic carbocycles. The Morgan fingerprint density at radius 1 is 1.29 bits per heavy atom. The van der Waals surface area contributed by atoms with Crippen LogP contribution >= 0.6 is 0 Å². The fraction of sp³-hybridized carbons (Fsp3) is 0.450. The first-order valence-electron chi connectivity index (χ1n) is 9.93. The van der Waals surface area contributed by atoms with Crippen LogP contribution in [0.4, 0.5) is 10.1 Å². The Kier molecular flexibility index (Phi) is 6.33. The number of halogens is 1. The largest absolute Gasteiger partial charge is 0.471 e. The predicted octanol–water partition coefficient (Wildman–Crippen LogP) is 0.387. The summed E-state index contributed by atoms with van der Waals surface area (Å²) in [6, 6.07) is 6.49. The summed E-state index contributed by atoms with van der Waals surface area (Å²) in [7, 11) is 0. The van der Waals surface area contributed by atoms with E-state index in [0.717, 1.165) is 0 Å². The van der Waals surface area contributed by atoms with Gasteiger partial charge in [-0.15, -0.1) is 0 Å². The number of anilines is 1. The molecule has 2 atom stereocenters. The summed E-state index contributed by atoms with van der Waals surface area (Å²) in [6.07, 6.45) is 0.175. The van der Waals surface area contributed by atoms with Gasteiger partial charge in [-0.1, -0.05) is 11.2 Å². The number of ether oxygens (including phenoxy) is 1. The maximum atomic E-state index is 14.8. The lowest BCUT2D eigenvalue weighted by Gasteiger charge is -2.36. The van der Waals surface area contributed by atoms with E-state index in [1.807, 2.05) is 4.90 Å². The van der Waals surface area contributed by atoms with Gasteiger partial charge < -0.3 is 34.1 Å². The predicted molar refractivity (Wildman–Crippen MR) is 106 cm³/mol. The van der Waals surface area contributed by atoms with E-state index < -0.39 is 24.4 Å². The summed E-state index contributed by atoms with van der Waals surface area (Å²) in [4.78, 5) is 20.6. The number of piperazine rings is 1. The van der Waals surface area contributed by atoms with Gasteiger partial charge in [-0.25, -0.2) is 4.39 Å². The SMILES string of the molecule is O=C([C@@H](O)CO)N1CCN(c2ccc(C3=NOC(COc4ccon4)C3)cc2F)CC1. The molecule has 3 heterocycles. The summed E-state index contributed by atoms with van der Waals surface area (Å²) < 4.78 is 25.0. The lowest BCUT2D eigenvalue weighted by atomic mass is 10.0. The number of nitrogens with zero attached hydrogens (tertiary/aromatic N) is 4. The van der Waals surface area contributed by atoms with Crippen LogP contribution in [0.5, 0.6) is 5.88 Å². The Morgan fingerprint density at radius 3 is 2.77 bits per heavy atom. The minimum atomic E-state index is -1.41. The number of oxime groups is 1. The summed E-state index contributed by atoms with van der Waals surface area (Å²) >= 11 is 0. The van der Waals surface area contributed by atoms with Crippen molar-refractivity contribution in [1.29, 1.82) is 0 Å². The average molecular weight is 434 g/mol. The molecular formula is C20H23FN4O6. The van der Waals surface area contributed by atoms with E-state index in [4.69, 9.17) is 19.2 Å². The van der Waals surface area contributed by atoms with E-state index in [0.29, 0.717) is 55.4 Å². The van der Waals surface area contributed by atoms with Crippen molar-refractivity contribution in [3.63, 3.8) is 0 Å². The van der Waals surface area contributed by atoms with Crippen molar-refractivity contribution in [3.8, 4) is 5.88 Å². The molecule has 10 nitrogen and oxygen atoms in total. The van der Waals surface area contributed by atoms with Crippen molar-refractivity contribution in [1.82, 2.24) is 10.1 Å². The number of hydrogen-bond acceptors (Lipinski definition) is 9. The highest BCUT2D eigenvalue weighted by atomic mass is 19.1. The number of benzene rings is 1. The van der Waals surface area contributed by atoms with Crippen LogP contribution in [0.1, 0.15) is 12.0 Å². The Bertz CT molecular complexity index is 930. The third-order valence-corrected chi connectivity index (χ3v) is 5.24. The molecule has 2 N–H and O–H groups in total. The number of aromatic nitrogens is 1. The fourth-order valence-electron chi connectivity index (χ4n) is 3.54. The second-order valence-electron chi connectivity index (χ2n) is 7.30. The zero-order chi connectivity index (χ0) is 21.8. The van der Waals surface area contributed by atoms with Gasteiger partial charge in [-0.05, 0) is 17.3 Å². The smallest absolute Gasteiger partial charge is 0.254 e. The number of aliphatic hydroxyl groups excluding tert-OH is 2. The summed E-state index contributed by atoms with van der Waals surface area (Å²) in [5.41, 5.74) is 1.70. The molecule has 0 bridgehead atoms. The van der Waals surface area contributed by atoms with Crippen molar-refractivity contribution >= 4 is 17.3 Å². The fourth-order valence-corrected chi connectivity index (χ4v) is 3.54. The highest BCUT2D eigenvalue weighted by molar-refractivity contribution is 6.01. The molecule has 0 aliphatic carbocycles.